The first-order valence-corrected chi connectivity index (χ1v) is 6.95. The molecule has 0 bridgehead atoms. The Balaban J connectivity index is 2.20. The molecule has 0 aliphatic heterocycles. The van der Waals surface area contributed by atoms with Crippen LogP contribution in [0.5, 0.6) is 0 Å². The number of pyridine rings is 1. The van der Waals surface area contributed by atoms with E-state index in [4.69, 9.17) is 11.6 Å². The number of aromatic nitrogens is 1. The number of aryl methyl sites for hydroxylation is 1. The van der Waals surface area contributed by atoms with Crippen LogP contribution in [0.1, 0.15) is 28.5 Å². The van der Waals surface area contributed by atoms with Crippen molar-refractivity contribution < 1.29 is 4.79 Å². The van der Waals surface area contributed by atoms with E-state index in [2.05, 4.69) is 4.98 Å². The Morgan fingerprint density at radius 3 is 2.55 bits per heavy atom. The number of carbonyl (C=O) groups excluding carboxylic acids is 1. The molecule has 0 fully saturated rings. The van der Waals surface area contributed by atoms with Gasteiger partial charge in [0.05, 0.1) is 0 Å². The number of halogens is 1. The molecule has 0 atom stereocenters. The van der Waals surface area contributed by atoms with Crippen molar-refractivity contribution in [1.82, 2.24) is 9.88 Å². The Bertz CT molecular complexity index is 578. The van der Waals surface area contributed by atoms with Crippen LogP contribution < -0.4 is 0 Å². The second-order valence-electron chi connectivity index (χ2n) is 4.62. The number of carbonyl (C=O) groups is 1. The van der Waals surface area contributed by atoms with Gasteiger partial charge in [0.2, 0.25) is 0 Å². The molecule has 1 aromatic carbocycles. The Labute approximate surface area is 124 Å². The molecule has 0 saturated heterocycles. The molecule has 3 nitrogen and oxygen atoms in total. The Morgan fingerprint density at radius 1 is 1.25 bits per heavy atom. The third kappa shape index (κ3) is 3.58. The molecule has 2 rings (SSSR count). The summed E-state index contributed by atoms with van der Waals surface area (Å²) in [5.41, 5.74) is 2.44. The van der Waals surface area contributed by atoms with Crippen LogP contribution in [-0.4, -0.2) is 22.3 Å². The van der Waals surface area contributed by atoms with Crippen LogP contribution >= 0.6 is 11.6 Å². The van der Waals surface area contributed by atoms with Crippen molar-refractivity contribution in [3.8, 4) is 0 Å². The zero-order chi connectivity index (χ0) is 14.5. The number of benzene rings is 1. The minimum absolute atomic E-state index is 0.0243. The van der Waals surface area contributed by atoms with Crippen molar-refractivity contribution in [3.63, 3.8) is 0 Å². The summed E-state index contributed by atoms with van der Waals surface area (Å²) in [6, 6.07) is 13.3. The van der Waals surface area contributed by atoms with E-state index in [0.29, 0.717) is 23.8 Å². The van der Waals surface area contributed by atoms with Crippen LogP contribution in [0.4, 0.5) is 0 Å². The molecule has 0 saturated carbocycles. The topological polar surface area (TPSA) is 33.2 Å². The quantitative estimate of drug-likeness (QED) is 0.804. The van der Waals surface area contributed by atoms with E-state index in [1.165, 1.54) is 0 Å². The molecular formula is C16H17ClN2O. The van der Waals surface area contributed by atoms with Crippen LogP contribution in [0.25, 0.3) is 0 Å². The molecule has 1 aromatic heterocycles. The summed E-state index contributed by atoms with van der Waals surface area (Å²) >= 11 is 5.92. The summed E-state index contributed by atoms with van der Waals surface area (Å²) in [7, 11) is 0. The molecule has 0 aliphatic carbocycles. The molecule has 0 radical (unpaired) electrons. The fourth-order valence-electron chi connectivity index (χ4n) is 2.07. The molecule has 20 heavy (non-hydrogen) atoms. The van der Waals surface area contributed by atoms with Crippen LogP contribution in [0, 0.1) is 6.92 Å². The van der Waals surface area contributed by atoms with E-state index in [1.54, 1.807) is 17.0 Å². The molecule has 104 valence electrons. The minimum atomic E-state index is -0.0243. The van der Waals surface area contributed by atoms with Crippen LogP contribution in [0.15, 0.2) is 42.5 Å². The summed E-state index contributed by atoms with van der Waals surface area (Å²) in [4.78, 5) is 18.4. The smallest absolute Gasteiger partial charge is 0.254 e. The minimum Gasteiger partial charge on any atom is -0.335 e. The molecule has 2 aromatic rings. The van der Waals surface area contributed by atoms with Crippen LogP contribution in [0.2, 0.25) is 5.15 Å². The summed E-state index contributed by atoms with van der Waals surface area (Å²) in [6.07, 6.45) is 0. The number of rotatable bonds is 4. The van der Waals surface area contributed by atoms with Crippen molar-refractivity contribution in [2.24, 2.45) is 0 Å². The molecule has 1 heterocycles. The van der Waals surface area contributed by atoms with E-state index in [9.17, 15) is 4.79 Å². The van der Waals surface area contributed by atoms with Gasteiger partial charge in [-0.3, -0.25) is 4.79 Å². The van der Waals surface area contributed by atoms with Gasteiger partial charge >= 0.3 is 0 Å². The zero-order valence-electron chi connectivity index (χ0n) is 11.6. The molecule has 0 aliphatic rings. The van der Waals surface area contributed by atoms with E-state index < -0.39 is 0 Å². The van der Waals surface area contributed by atoms with Gasteiger partial charge in [-0.05, 0) is 31.5 Å². The van der Waals surface area contributed by atoms with E-state index in [0.717, 1.165) is 11.3 Å². The standard InChI is InChI=1S/C16H17ClN2O/c1-3-19(11-13-7-5-4-6-8-13)16(20)14-9-12(2)18-15(17)10-14/h4-10H,3,11H2,1-2H3. The normalized spacial score (nSPS) is 10.3. The van der Waals surface area contributed by atoms with Gasteiger partial charge in [-0.1, -0.05) is 41.9 Å². The average molecular weight is 289 g/mol. The number of hydrogen-bond acceptors (Lipinski definition) is 2. The van der Waals surface area contributed by atoms with E-state index >= 15 is 0 Å². The third-order valence-electron chi connectivity index (χ3n) is 3.05. The fourth-order valence-corrected chi connectivity index (χ4v) is 2.32. The lowest BCUT2D eigenvalue weighted by Gasteiger charge is -2.21. The van der Waals surface area contributed by atoms with Gasteiger partial charge in [-0.15, -0.1) is 0 Å². The van der Waals surface area contributed by atoms with E-state index in [1.807, 2.05) is 44.2 Å². The first-order chi connectivity index (χ1) is 9.60. The lowest BCUT2D eigenvalue weighted by atomic mass is 10.1. The van der Waals surface area contributed by atoms with E-state index in [-0.39, 0.29) is 5.91 Å². The maximum atomic E-state index is 12.5. The van der Waals surface area contributed by atoms with Gasteiger partial charge in [-0.2, -0.15) is 0 Å². The molecule has 0 spiro atoms. The summed E-state index contributed by atoms with van der Waals surface area (Å²) < 4.78 is 0. The van der Waals surface area contributed by atoms with Gasteiger partial charge in [0.25, 0.3) is 5.91 Å². The average Bonchev–Trinajstić information content (AvgIpc) is 2.44. The van der Waals surface area contributed by atoms with Crippen LogP contribution in [-0.2, 0) is 6.54 Å². The Hall–Kier alpha value is -1.87. The SMILES string of the molecule is CCN(Cc1ccccc1)C(=O)c1cc(C)nc(Cl)c1. The van der Waals surface area contributed by atoms with Gasteiger partial charge in [0.1, 0.15) is 5.15 Å². The monoisotopic (exact) mass is 288 g/mol. The second-order valence-corrected chi connectivity index (χ2v) is 5.01. The first kappa shape index (κ1) is 14.5. The number of hydrogen-bond donors (Lipinski definition) is 0. The summed E-state index contributed by atoms with van der Waals surface area (Å²) in [5, 5.41) is 0.351. The van der Waals surface area contributed by atoms with Crippen LogP contribution in [0.3, 0.4) is 0 Å². The highest BCUT2D eigenvalue weighted by Crippen LogP contribution is 2.14. The maximum absolute atomic E-state index is 12.5. The second kappa shape index (κ2) is 6.53. The molecule has 0 unspecified atom stereocenters. The van der Waals surface area contributed by atoms with Gasteiger partial charge in [0, 0.05) is 24.3 Å². The van der Waals surface area contributed by atoms with Gasteiger partial charge in [-0.25, -0.2) is 4.98 Å². The highest BCUT2D eigenvalue weighted by Gasteiger charge is 2.15. The summed E-state index contributed by atoms with van der Waals surface area (Å²) in [6.45, 7) is 5.04. The predicted molar refractivity (Wildman–Crippen MR) is 80.8 cm³/mol. The molecule has 1 amide bonds. The fraction of sp³-hybridized carbons (Fsp3) is 0.250. The lowest BCUT2D eigenvalue weighted by molar-refractivity contribution is 0.0752. The van der Waals surface area contributed by atoms with Gasteiger partial charge in [0.15, 0.2) is 0 Å². The first-order valence-electron chi connectivity index (χ1n) is 6.57. The Morgan fingerprint density at radius 2 is 1.95 bits per heavy atom. The third-order valence-corrected chi connectivity index (χ3v) is 3.25. The molecular weight excluding hydrogens is 272 g/mol. The number of amides is 1. The summed E-state index contributed by atoms with van der Waals surface area (Å²) in [5.74, 6) is -0.0243. The van der Waals surface area contributed by atoms with Crippen molar-refractivity contribution in [2.75, 3.05) is 6.54 Å². The van der Waals surface area contributed by atoms with Crippen molar-refractivity contribution in [3.05, 3.63) is 64.4 Å². The van der Waals surface area contributed by atoms with Crippen molar-refractivity contribution in [1.29, 1.82) is 0 Å². The Kier molecular flexibility index (Phi) is 4.74. The maximum Gasteiger partial charge on any atom is 0.254 e. The molecule has 0 N–H and O–H groups in total. The van der Waals surface area contributed by atoms with Gasteiger partial charge < -0.3 is 4.90 Å². The van der Waals surface area contributed by atoms with Crippen molar-refractivity contribution >= 4 is 17.5 Å². The highest BCUT2D eigenvalue weighted by atomic mass is 35.5. The lowest BCUT2D eigenvalue weighted by Crippen LogP contribution is -2.30. The molecule has 4 heteroatoms. The zero-order valence-corrected chi connectivity index (χ0v) is 12.4. The largest absolute Gasteiger partial charge is 0.335 e. The predicted octanol–water partition coefficient (Wildman–Crippen LogP) is 3.71. The van der Waals surface area contributed by atoms with Crippen molar-refractivity contribution in [2.45, 2.75) is 20.4 Å². The number of nitrogens with zero attached hydrogens (tertiary/aromatic N) is 2. The highest BCUT2D eigenvalue weighted by molar-refractivity contribution is 6.29.